The van der Waals surface area contributed by atoms with E-state index in [4.69, 9.17) is 0 Å². The van der Waals surface area contributed by atoms with E-state index >= 15 is 0 Å². The molecular weight excluding hydrogens is 234 g/mol. The Hall–Kier alpha value is -1.74. The van der Waals surface area contributed by atoms with Crippen LogP contribution in [0.2, 0.25) is 0 Å². The number of hydrogen-bond acceptors (Lipinski definition) is 1. The molecule has 0 aromatic heterocycles. The summed E-state index contributed by atoms with van der Waals surface area (Å²) < 4.78 is 26.2. The van der Waals surface area contributed by atoms with Gasteiger partial charge in [-0.05, 0) is 30.2 Å². The highest BCUT2D eigenvalue weighted by molar-refractivity contribution is 5.26. The highest BCUT2D eigenvalue weighted by Crippen LogP contribution is 2.25. The Morgan fingerprint density at radius 3 is 2.11 bits per heavy atom. The maximum absolute atomic E-state index is 13.1. The molecule has 0 spiro atoms. The fourth-order valence-corrected chi connectivity index (χ4v) is 2.01. The summed E-state index contributed by atoms with van der Waals surface area (Å²) in [5.41, 5.74) is -0.00220. The van der Waals surface area contributed by atoms with Gasteiger partial charge in [0, 0.05) is 12.5 Å². The molecule has 0 aliphatic heterocycles. The lowest BCUT2D eigenvalue weighted by Crippen LogP contribution is -2.24. The lowest BCUT2D eigenvalue weighted by atomic mass is 9.89. The SMILES string of the molecule is CC(O)(Cc1cc(F)cc(F)c1)c1ccccc1. The van der Waals surface area contributed by atoms with Crippen LogP contribution in [0.3, 0.4) is 0 Å². The molecule has 1 N–H and O–H groups in total. The second-order valence-corrected chi connectivity index (χ2v) is 4.59. The molecule has 0 aliphatic carbocycles. The van der Waals surface area contributed by atoms with Crippen molar-refractivity contribution in [3.63, 3.8) is 0 Å². The van der Waals surface area contributed by atoms with E-state index in [0.717, 1.165) is 11.6 Å². The van der Waals surface area contributed by atoms with E-state index in [1.54, 1.807) is 19.1 Å². The monoisotopic (exact) mass is 248 g/mol. The van der Waals surface area contributed by atoms with Gasteiger partial charge in [-0.3, -0.25) is 0 Å². The lowest BCUT2D eigenvalue weighted by molar-refractivity contribution is 0.0575. The van der Waals surface area contributed by atoms with Crippen LogP contribution in [0.15, 0.2) is 48.5 Å². The van der Waals surface area contributed by atoms with Gasteiger partial charge >= 0.3 is 0 Å². The van der Waals surface area contributed by atoms with Crippen molar-refractivity contribution in [1.82, 2.24) is 0 Å². The third kappa shape index (κ3) is 2.93. The maximum Gasteiger partial charge on any atom is 0.126 e. The predicted molar refractivity (Wildman–Crippen MR) is 66.1 cm³/mol. The second kappa shape index (κ2) is 4.86. The Kier molecular flexibility index (Phi) is 3.43. The summed E-state index contributed by atoms with van der Waals surface area (Å²) in [6.45, 7) is 1.63. The molecule has 0 radical (unpaired) electrons. The van der Waals surface area contributed by atoms with Crippen molar-refractivity contribution in [3.8, 4) is 0 Å². The molecule has 2 aromatic rings. The molecule has 3 heteroatoms. The zero-order valence-corrected chi connectivity index (χ0v) is 10.0. The van der Waals surface area contributed by atoms with Crippen LogP contribution >= 0.6 is 0 Å². The largest absolute Gasteiger partial charge is 0.385 e. The summed E-state index contributed by atoms with van der Waals surface area (Å²) >= 11 is 0. The lowest BCUT2D eigenvalue weighted by Gasteiger charge is -2.24. The van der Waals surface area contributed by atoms with Crippen molar-refractivity contribution in [1.29, 1.82) is 0 Å². The highest BCUT2D eigenvalue weighted by Gasteiger charge is 2.23. The number of halogens is 2. The highest BCUT2D eigenvalue weighted by atomic mass is 19.1. The van der Waals surface area contributed by atoms with Crippen LogP contribution < -0.4 is 0 Å². The van der Waals surface area contributed by atoms with Gasteiger partial charge in [0.2, 0.25) is 0 Å². The van der Waals surface area contributed by atoms with Crippen LogP contribution in [0.1, 0.15) is 18.1 Å². The molecule has 94 valence electrons. The minimum absolute atomic E-state index is 0.158. The van der Waals surface area contributed by atoms with Crippen molar-refractivity contribution in [2.45, 2.75) is 18.9 Å². The van der Waals surface area contributed by atoms with Crippen molar-refractivity contribution in [2.75, 3.05) is 0 Å². The number of hydrogen-bond donors (Lipinski definition) is 1. The summed E-state index contributed by atoms with van der Waals surface area (Å²) in [4.78, 5) is 0. The summed E-state index contributed by atoms with van der Waals surface area (Å²) in [5, 5.41) is 10.4. The fraction of sp³-hybridized carbons (Fsp3) is 0.200. The van der Waals surface area contributed by atoms with Crippen LogP contribution in [0, 0.1) is 11.6 Å². The predicted octanol–water partition coefficient (Wildman–Crippen LogP) is 3.42. The molecule has 0 heterocycles. The first-order chi connectivity index (χ1) is 8.47. The van der Waals surface area contributed by atoms with Gasteiger partial charge in [-0.25, -0.2) is 8.78 Å². The van der Waals surface area contributed by atoms with Crippen molar-refractivity contribution in [3.05, 3.63) is 71.3 Å². The minimum Gasteiger partial charge on any atom is -0.385 e. The molecule has 0 aliphatic rings. The third-order valence-corrected chi connectivity index (χ3v) is 2.87. The maximum atomic E-state index is 13.1. The average molecular weight is 248 g/mol. The van der Waals surface area contributed by atoms with E-state index in [0.29, 0.717) is 5.56 Å². The topological polar surface area (TPSA) is 20.2 Å². The van der Waals surface area contributed by atoms with E-state index in [1.807, 2.05) is 18.2 Å². The van der Waals surface area contributed by atoms with Crippen LogP contribution in [0.25, 0.3) is 0 Å². The van der Waals surface area contributed by atoms with Gasteiger partial charge in [0.05, 0.1) is 5.60 Å². The molecule has 0 fully saturated rings. The molecule has 2 aromatic carbocycles. The molecule has 0 bridgehead atoms. The summed E-state index contributed by atoms with van der Waals surface area (Å²) in [5.74, 6) is -1.26. The van der Waals surface area contributed by atoms with Gasteiger partial charge in [-0.2, -0.15) is 0 Å². The van der Waals surface area contributed by atoms with E-state index in [1.165, 1.54) is 12.1 Å². The molecule has 0 amide bonds. The van der Waals surface area contributed by atoms with Crippen LogP contribution in [0.4, 0.5) is 8.78 Å². The van der Waals surface area contributed by atoms with Crippen molar-refractivity contribution >= 4 is 0 Å². The van der Waals surface area contributed by atoms with Gasteiger partial charge < -0.3 is 5.11 Å². The van der Waals surface area contributed by atoms with Gasteiger partial charge in [-0.1, -0.05) is 30.3 Å². The van der Waals surface area contributed by atoms with Crippen LogP contribution in [0.5, 0.6) is 0 Å². The van der Waals surface area contributed by atoms with Gasteiger partial charge in [0.15, 0.2) is 0 Å². The second-order valence-electron chi connectivity index (χ2n) is 4.59. The summed E-state index contributed by atoms with van der Waals surface area (Å²) in [6.07, 6.45) is 0.158. The molecule has 1 nitrogen and oxygen atoms in total. The number of aliphatic hydroxyl groups is 1. The Balaban J connectivity index is 2.27. The molecule has 0 saturated heterocycles. The smallest absolute Gasteiger partial charge is 0.126 e. The summed E-state index contributed by atoms with van der Waals surface area (Å²) in [6, 6.07) is 12.3. The molecule has 1 unspecified atom stereocenters. The van der Waals surface area contributed by atoms with E-state index in [9.17, 15) is 13.9 Å². The Labute approximate surface area is 105 Å². The first-order valence-electron chi connectivity index (χ1n) is 5.70. The molecule has 2 rings (SSSR count). The quantitative estimate of drug-likeness (QED) is 0.882. The van der Waals surface area contributed by atoms with Crippen LogP contribution in [-0.4, -0.2) is 5.11 Å². The Morgan fingerprint density at radius 2 is 1.56 bits per heavy atom. The van der Waals surface area contributed by atoms with E-state index in [2.05, 4.69) is 0 Å². The zero-order chi connectivity index (χ0) is 13.2. The zero-order valence-electron chi connectivity index (χ0n) is 10.0. The average Bonchev–Trinajstić information content (AvgIpc) is 2.28. The van der Waals surface area contributed by atoms with Gasteiger partial charge in [0.25, 0.3) is 0 Å². The standard InChI is InChI=1S/C15H14F2O/c1-15(18,12-5-3-2-4-6-12)10-11-7-13(16)9-14(17)8-11/h2-9,18H,10H2,1H3. The van der Waals surface area contributed by atoms with Crippen molar-refractivity contribution in [2.24, 2.45) is 0 Å². The first kappa shape index (κ1) is 12.7. The fourth-order valence-electron chi connectivity index (χ4n) is 2.01. The van der Waals surface area contributed by atoms with E-state index in [-0.39, 0.29) is 6.42 Å². The molecule has 0 saturated carbocycles. The molecule has 18 heavy (non-hydrogen) atoms. The van der Waals surface area contributed by atoms with Gasteiger partial charge in [-0.15, -0.1) is 0 Å². The number of benzene rings is 2. The Morgan fingerprint density at radius 1 is 1.00 bits per heavy atom. The first-order valence-corrected chi connectivity index (χ1v) is 5.70. The normalized spacial score (nSPS) is 14.2. The molecular formula is C15H14F2O. The van der Waals surface area contributed by atoms with Gasteiger partial charge in [0.1, 0.15) is 11.6 Å². The molecule has 1 atom stereocenters. The summed E-state index contributed by atoms with van der Waals surface area (Å²) in [7, 11) is 0. The van der Waals surface area contributed by atoms with E-state index < -0.39 is 17.2 Å². The number of rotatable bonds is 3. The van der Waals surface area contributed by atoms with Crippen LogP contribution in [-0.2, 0) is 12.0 Å². The third-order valence-electron chi connectivity index (χ3n) is 2.87. The Bertz CT molecular complexity index is 515. The minimum atomic E-state index is -1.15. The van der Waals surface area contributed by atoms with Crippen molar-refractivity contribution < 1.29 is 13.9 Å².